The first-order valence-electron chi connectivity index (χ1n) is 5.69. The second kappa shape index (κ2) is 5.61. The van der Waals surface area contributed by atoms with Gasteiger partial charge in [-0.1, -0.05) is 36.9 Å². The number of anilines is 1. The molecule has 19 heavy (non-hydrogen) atoms. The summed E-state index contributed by atoms with van der Waals surface area (Å²) in [7, 11) is 0. The van der Waals surface area contributed by atoms with Gasteiger partial charge in [0.25, 0.3) is 0 Å². The molecular formula is C15H12F3N. The molecule has 0 radical (unpaired) electrons. The van der Waals surface area contributed by atoms with Gasteiger partial charge >= 0.3 is 0 Å². The molecule has 1 nitrogen and oxygen atoms in total. The van der Waals surface area contributed by atoms with Crippen molar-refractivity contribution in [3.8, 4) is 0 Å². The van der Waals surface area contributed by atoms with Gasteiger partial charge in [-0.05, 0) is 11.1 Å². The summed E-state index contributed by atoms with van der Waals surface area (Å²) in [5, 5.41) is 2.59. The minimum absolute atomic E-state index is 0.170. The Morgan fingerprint density at radius 3 is 2.16 bits per heavy atom. The van der Waals surface area contributed by atoms with Crippen LogP contribution in [-0.4, -0.2) is 6.54 Å². The van der Waals surface area contributed by atoms with Crippen LogP contribution >= 0.6 is 0 Å². The van der Waals surface area contributed by atoms with Crippen LogP contribution in [0.5, 0.6) is 0 Å². The van der Waals surface area contributed by atoms with E-state index in [9.17, 15) is 13.2 Å². The Kier molecular flexibility index (Phi) is 3.90. The summed E-state index contributed by atoms with van der Waals surface area (Å²) < 4.78 is 39.5. The summed E-state index contributed by atoms with van der Waals surface area (Å²) >= 11 is 0. The summed E-state index contributed by atoms with van der Waals surface area (Å²) in [6, 6.07) is 10.5. The van der Waals surface area contributed by atoms with E-state index in [-0.39, 0.29) is 12.2 Å². The highest BCUT2D eigenvalue weighted by molar-refractivity contribution is 5.67. The van der Waals surface area contributed by atoms with Gasteiger partial charge in [-0.15, -0.1) is 0 Å². The number of hydrogen-bond acceptors (Lipinski definition) is 1. The molecule has 0 amide bonds. The van der Waals surface area contributed by atoms with E-state index in [1.54, 1.807) is 0 Å². The lowest BCUT2D eigenvalue weighted by Gasteiger charge is -2.11. The van der Waals surface area contributed by atoms with Crippen LogP contribution in [0.2, 0.25) is 0 Å². The molecule has 98 valence electrons. The first kappa shape index (κ1) is 13.2. The fourth-order valence-corrected chi connectivity index (χ4v) is 1.68. The van der Waals surface area contributed by atoms with Crippen LogP contribution in [0.1, 0.15) is 5.56 Å². The molecule has 1 N–H and O–H groups in total. The standard InChI is InChI=1S/C15H12F3N/c1-10(11-5-3-2-4-6-11)9-19-15-13(17)7-12(16)8-14(15)18/h2-8,19H,1,9H2. The molecular weight excluding hydrogens is 251 g/mol. The van der Waals surface area contributed by atoms with Crippen LogP contribution in [0.4, 0.5) is 18.9 Å². The fourth-order valence-electron chi connectivity index (χ4n) is 1.68. The monoisotopic (exact) mass is 263 g/mol. The molecule has 0 atom stereocenters. The fraction of sp³-hybridized carbons (Fsp3) is 0.0667. The van der Waals surface area contributed by atoms with Crippen LogP contribution < -0.4 is 5.32 Å². The molecule has 0 aliphatic carbocycles. The third kappa shape index (κ3) is 3.16. The van der Waals surface area contributed by atoms with Gasteiger partial charge in [0.15, 0.2) is 11.6 Å². The van der Waals surface area contributed by atoms with E-state index in [1.807, 2.05) is 30.3 Å². The Labute approximate surface area is 109 Å². The van der Waals surface area contributed by atoms with E-state index in [1.165, 1.54) is 0 Å². The van der Waals surface area contributed by atoms with Crippen molar-refractivity contribution in [1.82, 2.24) is 0 Å². The lowest BCUT2D eigenvalue weighted by Crippen LogP contribution is -2.07. The molecule has 0 unspecified atom stereocenters. The van der Waals surface area contributed by atoms with E-state index in [4.69, 9.17) is 0 Å². The van der Waals surface area contributed by atoms with Crippen molar-refractivity contribution < 1.29 is 13.2 Å². The summed E-state index contributed by atoms with van der Waals surface area (Å²) in [6.07, 6.45) is 0. The van der Waals surface area contributed by atoms with Crippen molar-refractivity contribution in [2.75, 3.05) is 11.9 Å². The first-order valence-corrected chi connectivity index (χ1v) is 5.69. The van der Waals surface area contributed by atoms with Gasteiger partial charge in [-0.3, -0.25) is 0 Å². The summed E-state index contributed by atoms with van der Waals surface area (Å²) in [5.74, 6) is -2.86. The highest BCUT2D eigenvalue weighted by atomic mass is 19.1. The quantitative estimate of drug-likeness (QED) is 0.870. The highest BCUT2D eigenvalue weighted by Crippen LogP contribution is 2.21. The Morgan fingerprint density at radius 2 is 1.58 bits per heavy atom. The average Bonchev–Trinajstić information content (AvgIpc) is 2.38. The molecule has 0 bridgehead atoms. The lowest BCUT2D eigenvalue weighted by atomic mass is 10.1. The van der Waals surface area contributed by atoms with Crippen molar-refractivity contribution in [3.63, 3.8) is 0 Å². The number of benzene rings is 2. The van der Waals surface area contributed by atoms with Crippen molar-refractivity contribution in [3.05, 3.63) is 72.1 Å². The average molecular weight is 263 g/mol. The smallest absolute Gasteiger partial charge is 0.152 e. The van der Waals surface area contributed by atoms with Crippen molar-refractivity contribution >= 4 is 11.3 Å². The molecule has 0 fully saturated rings. The van der Waals surface area contributed by atoms with Gasteiger partial charge in [0.2, 0.25) is 0 Å². The van der Waals surface area contributed by atoms with E-state index < -0.39 is 17.5 Å². The number of rotatable bonds is 4. The molecule has 0 saturated heterocycles. The Bertz CT molecular complexity index is 571. The molecule has 0 saturated carbocycles. The SMILES string of the molecule is C=C(CNc1c(F)cc(F)cc1F)c1ccccc1. The van der Waals surface area contributed by atoms with Gasteiger partial charge in [0.1, 0.15) is 11.5 Å². The third-order valence-corrected chi connectivity index (χ3v) is 2.67. The van der Waals surface area contributed by atoms with Crippen molar-refractivity contribution in [2.45, 2.75) is 0 Å². The minimum Gasteiger partial charge on any atom is -0.376 e. The molecule has 2 rings (SSSR count). The van der Waals surface area contributed by atoms with E-state index in [0.717, 1.165) is 5.56 Å². The molecule has 0 aromatic heterocycles. The Morgan fingerprint density at radius 1 is 1.00 bits per heavy atom. The summed E-state index contributed by atoms with van der Waals surface area (Å²) in [4.78, 5) is 0. The maximum Gasteiger partial charge on any atom is 0.152 e. The molecule has 4 heteroatoms. The lowest BCUT2D eigenvalue weighted by molar-refractivity contribution is 0.548. The largest absolute Gasteiger partial charge is 0.376 e. The zero-order valence-electron chi connectivity index (χ0n) is 10.1. The normalized spacial score (nSPS) is 10.3. The van der Waals surface area contributed by atoms with Gasteiger partial charge in [0, 0.05) is 18.7 Å². The Balaban J connectivity index is 2.10. The predicted octanol–water partition coefficient (Wildman–Crippen LogP) is 4.23. The van der Waals surface area contributed by atoms with Gasteiger partial charge in [0.05, 0.1) is 0 Å². The van der Waals surface area contributed by atoms with Crippen LogP contribution in [0.25, 0.3) is 5.57 Å². The van der Waals surface area contributed by atoms with Gasteiger partial charge in [-0.2, -0.15) is 0 Å². The highest BCUT2D eigenvalue weighted by Gasteiger charge is 2.11. The molecule has 0 spiro atoms. The summed E-state index contributed by atoms with van der Waals surface area (Å²) in [6.45, 7) is 4.01. The van der Waals surface area contributed by atoms with E-state index >= 15 is 0 Å². The molecule has 2 aromatic rings. The van der Waals surface area contributed by atoms with Crippen LogP contribution in [-0.2, 0) is 0 Å². The maximum atomic E-state index is 13.4. The second-order valence-electron chi connectivity index (χ2n) is 4.07. The van der Waals surface area contributed by atoms with Crippen LogP contribution in [0, 0.1) is 17.5 Å². The van der Waals surface area contributed by atoms with E-state index in [2.05, 4.69) is 11.9 Å². The Hall–Kier alpha value is -2.23. The molecule has 0 heterocycles. The van der Waals surface area contributed by atoms with Gasteiger partial charge < -0.3 is 5.32 Å². The molecule has 0 aliphatic rings. The van der Waals surface area contributed by atoms with Crippen LogP contribution in [0.15, 0.2) is 49.0 Å². The van der Waals surface area contributed by atoms with Crippen molar-refractivity contribution in [2.24, 2.45) is 0 Å². The number of halogens is 3. The van der Waals surface area contributed by atoms with Crippen molar-refractivity contribution in [1.29, 1.82) is 0 Å². The predicted molar refractivity (Wildman–Crippen MR) is 70.3 cm³/mol. The minimum atomic E-state index is -0.960. The second-order valence-corrected chi connectivity index (χ2v) is 4.07. The number of hydrogen-bond donors (Lipinski definition) is 1. The van der Waals surface area contributed by atoms with Gasteiger partial charge in [-0.25, -0.2) is 13.2 Å². The molecule has 2 aromatic carbocycles. The maximum absolute atomic E-state index is 13.4. The zero-order chi connectivity index (χ0) is 13.8. The van der Waals surface area contributed by atoms with E-state index in [0.29, 0.717) is 17.7 Å². The first-order chi connectivity index (χ1) is 9.08. The molecule has 0 aliphatic heterocycles. The zero-order valence-corrected chi connectivity index (χ0v) is 10.1. The topological polar surface area (TPSA) is 12.0 Å². The summed E-state index contributed by atoms with van der Waals surface area (Å²) in [5.41, 5.74) is 1.21. The van der Waals surface area contributed by atoms with Crippen LogP contribution in [0.3, 0.4) is 0 Å². The third-order valence-electron chi connectivity index (χ3n) is 2.67. The number of nitrogens with one attached hydrogen (secondary N) is 1.